The smallest absolute Gasteiger partial charge is 0.318 e. The summed E-state index contributed by atoms with van der Waals surface area (Å²) in [4.78, 5) is 19.6. The summed E-state index contributed by atoms with van der Waals surface area (Å²) in [5.41, 5.74) is 0.844. The Morgan fingerprint density at radius 1 is 1.50 bits per heavy atom. The first kappa shape index (κ1) is 12.6. The molecule has 1 saturated heterocycles. The molecule has 1 aliphatic heterocycles. The number of rotatable bonds is 3. The first-order valence-corrected chi connectivity index (χ1v) is 6.04. The summed E-state index contributed by atoms with van der Waals surface area (Å²) in [6, 6.07) is 2.49. The van der Waals surface area contributed by atoms with E-state index in [2.05, 4.69) is 20.6 Å². The zero-order chi connectivity index (χ0) is 13.1. The Labute approximate surface area is 106 Å². The van der Waals surface area contributed by atoms with Crippen molar-refractivity contribution >= 4 is 11.7 Å². The molecule has 1 amide bonds. The first-order valence-electron chi connectivity index (χ1n) is 6.04. The van der Waals surface area contributed by atoms with Gasteiger partial charge in [-0.3, -0.25) is 4.79 Å². The molecule has 0 saturated carbocycles. The van der Waals surface area contributed by atoms with Gasteiger partial charge in [0.25, 0.3) is 0 Å². The van der Waals surface area contributed by atoms with E-state index in [4.69, 9.17) is 4.74 Å². The summed E-state index contributed by atoms with van der Waals surface area (Å²) in [7, 11) is 1.54. The van der Waals surface area contributed by atoms with Crippen molar-refractivity contribution in [3.8, 4) is 6.01 Å². The predicted octanol–water partition coefficient (Wildman–Crippen LogP) is 0.873. The second-order valence-corrected chi connectivity index (χ2v) is 4.53. The maximum Gasteiger partial charge on any atom is 0.318 e. The molecule has 0 spiro atoms. The van der Waals surface area contributed by atoms with Gasteiger partial charge in [0.15, 0.2) is 0 Å². The van der Waals surface area contributed by atoms with Gasteiger partial charge < -0.3 is 15.4 Å². The third kappa shape index (κ3) is 2.88. The molecule has 2 rings (SSSR count). The Bertz CT molecular complexity index is 450. The van der Waals surface area contributed by atoms with Gasteiger partial charge >= 0.3 is 6.01 Å². The Morgan fingerprint density at radius 3 is 2.94 bits per heavy atom. The molecule has 98 valence electrons. The third-order valence-electron chi connectivity index (χ3n) is 3.02. The number of ether oxygens (including phenoxy) is 1. The summed E-state index contributed by atoms with van der Waals surface area (Å²) in [5, 5.41) is 6.24. The lowest BCUT2D eigenvalue weighted by molar-refractivity contribution is -0.123. The fraction of sp³-hybridized carbons (Fsp3) is 0.583. The van der Waals surface area contributed by atoms with Gasteiger partial charge in [0.1, 0.15) is 5.82 Å². The average molecular weight is 250 g/mol. The molecule has 1 fully saturated rings. The number of aromatic nitrogens is 2. The highest BCUT2D eigenvalue weighted by Crippen LogP contribution is 2.17. The van der Waals surface area contributed by atoms with Crippen LogP contribution in [0, 0.1) is 6.92 Å². The number of aryl methyl sites for hydroxylation is 1. The van der Waals surface area contributed by atoms with Crippen LogP contribution in [0.25, 0.3) is 0 Å². The van der Waals surface area contributed by atoms with Crippen LogP contribution in [0.4, 0.5) is 5.82 Å². The number of carbonyl (C=O) groups excluding carboxylic acids is 1. The van der Waals surface area contributed by atoms with Crippen LogP contribution in [0.1, 0.15) is 25.5 Å². The van der Waals surface area contributed by atoms with Crippen LogP contribution < -0.4 is 15.4 Å². The fourth-order valence-electron chi connectivity index (χ4n) is 2.06. The minimum Gasteiger partial charge on any atom is -0.467 e. The van der Waals surface area contributed by atoms with Crippen molar-refractivity contribution in [3.63, 3.8) is 0 Å². The largest absolute Gasteiger partial charge is 0.467 e. The number of hydrogen-bond acceptors (Lipinski definition) is 5. The number of piperidine rings is 1. The zero-order valence-corrected chi connectivity index (χ0v) is 10.9. The van der Waals surface area contributed by atoms with Crippen molar-refractivity contribution < 1.29 is 9.53 Å². The molecule has 1 aromatic rings. The molecule has 1 aliphatic rings. The maximum atomic E-state index is 11.2. The summed E-state index contributed by atoms with van der Waals surface area (Å²) < 4.78 is 5.04. The van der Waals surface area contributed by atoms with Crippen molar-refractivity contribution in [1.82, 2.24) is 15.3 Å². The quantitative estimate of drug-likeness (QED) is 0.832. The molecule has 2 atom stereocenters. The molecule has 2 N–H and O–H groups in total. The van der Waals surface area contributed by atoms with Crippen molar-refractivity contribution in [3.05, 3.63) is 11.8 Å². The minimum absolute atomic E-state index is 0.0903. The molecule has 0 aromatic carbocycles. The van der Waals surface area contributed by atoms with Crippen LogP contribution in [0.2, 0.25) is 0 Å². The van der Waals surface area contributed by atoms with Crippen LogP contribution in [-0.4, -0.2) is 35.1 Å². The second-order valence-electron chi connectivity index (χ2n) is 4.53. The van der Waals surface area contributed by atoms with Crippen LogP contribution in [0.3, 0.4) is 0 Å². The maximum absolute atomic E-state index is 11.2. The Hall–Kier alpha value is -1.85. The number of hydrogen-bond donors (Lipinski definition) is 2. The minimum atomic E-state index is 0.0903. The second kappa shape index (κ2) is 5.20. The lowest BCUT2D eigenvalue weighted by Gasteiger charge is -2.30. The van der Waals surface area contributed by atoms with Gasteiger partial charge in [-0.05, 0) is 20.3 Å². The lowest BCUT2D eigenvalue weighted by atomic mass is 9.99. The normalized spacial score (nSPS) is 23.4. The van der Waals surface area contributed by atoms with E-state index in [-0.39, 0.29) is 18.0 Å². The van der Waals surface area contributed by atoms with E-state index in [1.165, 1.54) is 0 Å². The molecule has 6 heteroatoms. The van der Waals surface area contributed by atoms with Gasteiger partial charge in [-0.15, -0.1) is 0 Å². The van der Waals surface area contributed by atoms with Gasteiger partial charge in [0.05, 0.1) is 7.11 Å². The summed E-state index contributed by atoms with van der Waals surface area (Å²) >= 11 is 0. The topological polar surface area (TPSA) is 76.1 Å². The van der Waals surface area contributed by atoms with E-state index in [1.54, 1.807) is 7.11 Å². The van der Waals surface area contributed by atoms with Gasteiger partial charge in [-0.25, -0.2) is 4.98 Å². The SMILES string of the molecule is COc1nc(C)cc(NC2CCC(=O)NC2C)n1. The Balaban J connectivity index is 2.09. The summed E-state index contributed by atoms with van der Waals surface area (Å²) in [6.07, 6.45) is 1.35. The fourth-order valence-corrected chi connectivity index (χ4v) is 2.06. The molecule has 6 nitrogen and oxygen atoms in total. The first-order chi connectivity index (χ1) is 8.58. The molecule has 2 heterocycles. The van der Waals surface area contributed by atoms with Crippen molar-refractivity contribution in [2.24, 2.45) is 0 Å². The predicted molar refractivity (Wildman–Crippen MR) is 67.6 cm³/mol. The highest BCUT2D eigenvalue weighted by molar-refractivity contribution is 5.77. The molecule has 18 heavy (non-hydrogen) atoms. The highest BCUT2D eigenvalue weighted by atomic mass is 16.5. The van der Waals surface area contributed by atoms with E-state index in [0.717, 1.165) is 17.9 Å². The average Bonchev–Trinajstić information content (AvgIpc) is 2.32. The van der Waals surface area contributed by atoms with Gasteiger partial charge in [0, 0.05) is 30.3 Å². The van der Waals surface area contributed by atoms with E-state index in [0.29, 0.717) is 12.4 Å². The number of nitrogens with one attached hydrogen (secondary N) is 2. The summed E-state index contributed by atoms with van der Waals surface area (Å²) in [6.45, 7) is 3.88. The highest BCUT2D eigenvalue weighted by Gasteiger charge is 2.25. The van der Waals surface area contributed by atoms with Crippen molar-refractivity contribution in [2.75, 3.05) is 12.4 Å². The van der Waals surface area contributed by atoms with Crippen LogP contribution in [-0.2, 0) is 4.79 Å². The van der Waals surface area contributed by atoms with Crippen LogP contribution >= 0.6 is 0 Å². The number of anilines is 1. The molecule has 0 bridgehead atoms. The molecule has 1 aromatic heterocycles. The molecular weight excluding hydrogens is 232 g/mol. The van der Waals surface area contributed by atoms with E-state index in [9.17, 15) is 4.79 Å². The molecule has 0 aliphatic carbocycles. The van der Waals surface area contributed by atoms with Crippen LogP contribution in [0.5, 0.6) is 6.01 Å². The van der Waals surface area contributed by atoms with Gasteiger partial charge in [-0.1, -0.05) is 0 Å². The lowest BCUT2D eigenvalue weighted by Crippen LogP contribution is -2.49. The third-order valence-corrected chi connectivity index (χ3v) is 3.02. The van der Waals surface area contributed by atoms with Crippen LogP contribution in [0.15, 0.2) is 6.07 Å². The molecular formula is C12H18N4O2. The zero-order valence-electron chi connectivity index (χ0n) is 10.9. The standard InChI is InChI=1S/C12H18N4O2/c1-7-6-10(16-12(13-7)18-3)15-9-4-5-11(17)14-8(9)2/h6,8-9H,4-5H2,1-3H3,(H,14,17)(H,13,15,16). The Morgan fingerprint density at radius 2 is 2.28 bits per heavy atom. The van der Waals surface area contributed by atoms with Gasteiger partial charge in [-0.2, -0.15) is 4.98 Å². The number of nitrogens with zero attached hydrogens (tertiary/aromatic N) is 2. The number of amides is 1. The Kier molecular flexibility index (Phi) is 3.64. The molecule has 2 unspecified atom stereocenters. The van der Waals surface area contributed by atoms with E-state index < -0.39 is 0 Å². The van der Waals surface area contributed by atoms with E-state index >= 15 is 0 Å². The summed E-state index contributed by atoms with van der Waals surface area (Å²) in [5.74, 6) is 0.837. The number of carbonyl (C=O) groups is 1. The molecule has 0 radical (unpaired) electrons. The van der Waals surface area contributed by atoms with E-state index in [1.807, 2.05) is 19.9 Å². The number of methoxy groups -OCH3 is 1. The van der Waals surface area contributed by atoms with Crippen molar-refractivity contribution in [2.45, 2.75) is 38.8 Å². The van der Waals surface area contributed by atoms with Gasteiger partial charge in [0.2, 0.25) is 5.91 Å². The van der Waals surface area contributed by atoms with Crippen molar-refractivity contribution in [1.29, 1.82) is 0 Å². The monoisotopic (exact) mass is 250 g/mol.